The molecule has 0 atom stereocenters. The second kappa shape index (κ2) is 7.54. The largest absolute Gasteiger partial charge is 0.349 e. The van der Waals surface area contributed by atoms with Crippen LogP contribution in [0.2, 0.25) is 5.15 Å². The van der Waals surface area contributed by atoms with E-state index < -0.39 is 0 Å². The van der Waals surface area contributed by atoms with Crippen molar-refractivity contribution in [3.63, 3.8) is 0 Å². The van der Waals surface area contributed by atoms with Crippen LogP contribution in [0.4, 0.5) is 4.39 Å². The molecule has 0 spiro atoms. The van der Waals surface area contributed by atoms with Gasteiger partial charge < -0.3 is 10.2 Å². The summed E-state index contributed by atoms with van der Waals surface area (Å²) in [5.74, 6) is -0.466. The van der Waals surface area contributed by atoms with Crippen LogP contribution in [0.25, 0.3) is 0 Å². The fourth-order valence-corrected chi connectivity index (χ4v) is 3.41. The molecule has 3 rings (SSSR count). The van der Waals surface area contributed by atoms with E-state index >= 15 is 0 Å². The number of aryl methyl sites for hydroxylation is 1. The molecule has 1 N–H and O–H groups in total. The van der Waals surface area contributed by atoms with Gasteiger partial charge in [-0.2, -0.15) is 5.10 Å². The number of carbonyl (C=O) groups is 1. The minimum Gasteiger partial charge on any atom is -0.349 e. The Morgan fingerprint density at radius 2 is 1.96 bits per heavy atom. The molecule has 0 aliphatic carbocycles. The van der Waals surface area contributed by atoms with Crippen molar-refractivity contribution in [1.82, 2.24) is 20.0 Å². The van der Waals surface area contributed by atoms with Gasteiger partial charge in [0, 0.05) is 6.04 Å². The van der Waals surface area contributed by atoms with Gasteiger partial charge in [-0.3, -0.25) is 4.79 Å². The van der Waals surface area contributed by atoms with Crippen LogP contribution in [-0.2, 0) is 6.54 Å². The van der Waals surface area contributed by atoms with Crippen molar-refractivity contribution in [2.75, 3.05) is 20.1 Å². The van der Waals surface area contributed by atoms with Gasteiger partial charge in [-0.25, -0.2) is 9.07 Å². The normalized spacial score (nSPS) is 16.2. The summed E-state index contributed by atoms with van der Waals surface area (Å²) in [6.07, 6.45) is 1.87. The summed E-state index contributed by atoms with van der Waals surface area (Å²) in [6.45, 7) is 4.11. The van der Waals surface area contributed by atoms with Crippen LogP contribution in [0, 0.1) is 12.7 Å². The highest BCUT2D eigenvalue weighted by atomic mass is 35.5. The molecule has 1 aliphatic heterocycles. The maximum atomic E-state index is 13.0. The first-order valence-electron chi connectivity index (χ1n) is 8.41. The molecular formula is C18H22ClFN4O. The third-order valence-electron chi connectivity index (χ3n) is 4.59. The zero-order valence-electron chi connectivity index (χ0n) is 14.4. The average Bonchev–Trinajstić information content (AvgIpc) is 2.85. The first-order chi connectivity index (χ1) is 11.9. The molecule has 0 unspecified atom stereocenters. The molecule has 0 bridgehead atoms. The Hall–Kier alpha value is -1.92. The molecule has 1 saturated heterocycles. The van der Waals surface area contributed by atoms with Crippen molar-refractivity contribution in [1.29, 1.82) is 0 Å². The van der Waals surface area contributed by atoms with E-state index in [-0.39, 0.29) is 17.8 Å². The highest BCUT2D eigenvalue weighted by molar-refractivity contribution is 6.33. The van der Waals surface area contributed by atoms with E-state index in [1.165, 1.54) is 12.1 Å². The van der Waals surface area contributed by atoms with Crippen LogP contribution in [0.3, 0.4) is 0 Å². The number of nitrogens with zero attached hydrogens (tertiary/aromatic N) is 3. The fourth-order valence-electron chi connectivity index (χ4n) is 3.09. The summed E-state index contributed by atoms with van der Waals surface area (Å²) < 4.78 is 14.6. The number of aromatic nitrogens is 2. The van der Waals surface area contributed by atoms with E-state index in [2.05, 4.69) is 22.4 Å². The Morgan fingerprint density at radius 3 is 2.60 bits per heavy atom. The SMILES string of the molecule is Cc1nn(Cc2ccc(F)cc2)c(Cl)c1C(=O)NC1CCN(C)CC1. The molecule has 1 aromatic carbocycles. The van der Waals surface area contributed by atoms with Crippen molar-refractivity contribution >= 4 is 17.5 Å². The predicted molar refractivity (Wildman–Crippen MR) is 95.5 cm³/mol. The van der Waals surface area contributed by atoms with Crippen LogP contribution < -0.4 is 5.32 Å². The van der Waals surface area contributed by atoms with E-state index in [9.17, 15) is 9.18 Å². The minimum atomic E-state index is -0.287. The monoisotopic (exact) mass is 364 g/mol. The van der Waals surface area contributed by atoms with E-state index in [0.717, 1.165) is 31.5 Å². The van der Waals surface area contributed by atoms with E-state index in [1.54, 1.807) is 23.7 Å². The molecule has 134 valence electrons. The fraction of sp³-hybridized carbons (Fsp3) is 0.444. The number of hydrogen-bond acceptors (Lipinski definition) is 3. The zero-order valence-corrected chi connectivity index (χ0v) is 15.2. The van der Waals surface area contributed by atoms with Crippen molar-refractivity contribution < 1.29 is 9.18 Å². The number of nitrogens with one attached hydrogen (secondary N) is 1. The summed E-state index contributed by atoms with van der Waals surface area (Å²) >= 11 is 6.40. The lowest BCUT2D eigenvalue weighted by molar-refractivity contribution is 0.0916. The number of piperidine rings is 1. The van der Waals surface area contributed by atoms with Gasteiger partial charge >= 0.3 is 0 Å². The quantitative estimate of drug-likeness (QED) is 0.907. The molecule has 1 amide bonds. The van der Waals surface area contributed by atoms with Crippen molar-refractivity contribution in [3.8, 4) is 0 Å². The van der Waals surface area contributed by atoms with Gasteiger partial charge in [-0.15, -0.1) is 0 Å². The minimum absolute atomic E-state index is 0.166. The summed E-state index contributed by atoms with van der Waals surface area (Å²) in [4.78, 5) is 14.9. The Balaban J connectivity index is 1.72. The first-order valence-corrected chi connectivity index (χ1v) is 8.78. The standard InChI is InChI=1S/C18H22ClFN4O/c1-12-16(18(25)21-15-7-9-23(2)10-8-15)17(19)24(22-12)11-13-3-5-14(20)6-4-13/h3-6,15H,7-11H2,1-2H3,(H,21,25). The summed E-state index contributed by atoms with van der Waals surface area (Å²) in [5, 5.41) is 7.76. The number of carbonyl (C=O) groups excluding carboxylic acids is 1. The Bertz CT molecular complexity index is 751. The summed E-state index contributed by atoms with van der Waals surface area (Å²) in [7, 11) is 2.08. The van der Waals surface area contributed by atoms with E-state index in [4.69, 9.17) is 11.6 Å². The lowest BCUT2D eigenvalue weighted by Crippen LogP contribution is -2.43. The average molecular weight is 365 g/mol. The maximum Gasteiger partial charge on any atom is 0.256 e. The third kappa shape index (κ3) is 4.19. The van der Waals surface area contributed by atoms with Crippen LogP contribution in [0.5, 0.6) is 0 Å². The van der Waals surface area contributed by atoms with Gasteiger partial charge in [-0.1, -0.05) is 23.7 Å². The molecule has 7 heteroatoms. The number of benzene rings is 1. The number of likely N-dealkylation sites (tertiary alicyclic amines) is 1. The van der Waals surface area contributed by atoms with Crippen molar-refractivity contribution in [2.24, 2.45) is 0 Å². The van der Waals surface area contributed by atoms with Crippen molar-refractivity contribution in [3.05, 3.63) is 52.1 Å². The molecule has 2 aromatic rings. The molecule has 1 aromatic heterocycles. The third-order valence-corrected chi connectivity index (χ3v) is 4.98. The van der Waals surface area contributed by atoms with Crippen LogP contribution in [-0.4, -0.2) is 46.8 Å². The van der Waals surface area contributed by atoms with Crippen LogP contribution >= 0.6 is 11.6 Å². The van der Waals surface area contributed by atoms with Crippen LogP contribution in [0.15, 0.2) is 24.3 Å². The van der Waals surface area contributed by atoms with Crippen molar-refractivity contribution in [2.45, 2.75) is 32.4 Å². The number of halogens is 2. The number of hydrogen-bond donors (Lipinski definition) is 1. The van der Waals surface area contributed by atoms with Gasteiger partial charge in [0.05, 0.1) is 17.8 Å². The highest BCUT2D eigenvalue weighted by Crippen LogP contribution is 2.22. The van der Waals surface area contributed by atoms with Gasteiger partial charge in [0.15, 0.2) is 0 Å². The lowest BCUT2D eigenvalue weighted by Gasteiger charge is -2.29. The maximum absolute atomic E-state index is 13.0. The summed E-state index contributed by atoms with van der Waals surface area (Å²) in [5.41, 5.74) is 1.88. The summed E-state index contributed by atoms with van der Waals surface area (Å²) in [6, 6.07) is 6.32. The molecule has 2 heterocycles. The molecular weight excluding hydrogens is 343 g/mol. The molecule has 0 saturated carbocycles. The smallest absolute Gasteiger partial charge is 0.256 e. The predicted octanol–water partition coefficient (Wildman–Crippen LogP) is 2.86. The number of amides is 1. The zero-order chi connectivity index (χ0) is 18.0. The van der Waals surface area contributed by atoms with Gasteiger partial charge in [0.25, 0.3) is 5.91 Å². The lowest BCUT2D eigenvalue weighted by atomic mass is 10.1. The van der Waals surface area contributed by atoms with Gasteiger partial charge in [0.1, 0.15) is 11.0 Å². The van der Waals surface area contributed by atoms with E-state index in [0.29, 0.717) is 23.0 Å². The Morgan fingerprint density at radius 1 is 1.32 bits per heavy atom. The van der Waals surface area contributed by atoms with Gasteiger partial charge in [-0.05, 0) is 57.6 Å². The molecule has 5 nitrogen and oxygen atoms in total. The number of rotatable bonds is 4. The second-order valence-corrected chi connectivity index (χ2v) is 6.94. The van der Waals surface area contributed by atoms with Crippen LogP contribution in [0.1, 0.15) is 34.5 Å². The Labute approximate surface area is 151 Å². The molecule has 0 radical (unpaired) electrons. The topological polar surface area (TPSA) is 50.2 Å². The van der Waals surface area contributed by atoms with Gasteiger partial charge in [0.2, 0.25) is 0 Å². The second-order valence-electron chi connectivity index (χ2n) is 6.59. The molecule has 25 heavy (non-hydrogen) atoms. The highest BCUT2D eigenvalue weighted by Gasteiger charge is 2.24. The molecule has 1 fully saturated rings. The first kappa shape index (κ1) is 17.9. The van der Waals surface area contributed by atoms with E-state index in [1.807, 2.05) is 0 Å². The Kier molecular flexibility index (Phi) is 5.39. The molecule has 1 aliphatic rings.